The number of thioether (sulfide) groups is 1. The zero-order valence-corrected chi connectivity index (χ0v) is 12.7. The van der Waals surface area contributed by atoms with Crippen molar-refractivity contribution >= 4 is 22.7 Å². The molecule has 1 aromatic heterocycles. The van der Waals surface area contributed by atoms with Crippen LogP contribution in [0, 0.1) is 11.8 Å². The van der Waals surface area contributed by atoms with Crippen LogP contribution in [0.2, 0.25) is 0 Å². The highest BCUT2D eigenvalue weighted by molar-refractivity contribution is 7.98. The van der Waals surface area contributed by atoms with Gasteiger partial charge in [-0.05, 0) is 30.5 Å². The van der Waals surface area contributed by atoms with E-state index in [1.165, 1.54) is 0 Å². The van der Waals surface area contributed by atoms with E-state index in [2.05, 4.69) is 11.8 Å². The molecule has 0 aliphatic heterocycles. The van der Waals surface area contributed by atoms with Crippen LogP contribution in [0.1, 0.15) is 11.1 Å². The van der Waals surface area contributed by atoms with Crippen LogP contribution in [0.4, 0.5) is 0 Å². The quantitative estimate of drug-likeness (QED) is 0.511. The molecule has 0 aliphatic rings. The first-order chi connectivity index (χ1) is 10.3. The Kier molecular flexibility index (Phi) is 3.89. The standard InChI is InChI=1S/C18H14O2S/c1-19-16-9-5-3-7-13(16)11-12-15-14-8-4-6-10-17(14)20-18(15)21-2/h3-10H,1-2H3. The topological polar surface area (TPSA) is 22.4 Å². The van der Waals surface area contributed by atoms with Gasteiger partial charge in [-0.25, -0.2) is 0 Å². The van der Waals surface area contributed by atoms with Crippen molar-refractivity contribution in [2.24, 2.45) is 0 Å². The molecule has 2 nitrogen and oxygen atoms in total. The predicted octanol–water partition coefficient (Wildman–Crippen LogP) is 4.56. The lowest BCUT2D eigenvalue weighted by atomic mass is 10.1. The second-order valence-corrected chi connectivity index (χ2v) is 5.19. The third-order valence-corrected chi connectivity index (χ3v) is 3.84. The summed E-state index contributed by atoms with van der Waals surface area (Å²) < 4.78 is 11.2. The molecule has 0 N–H and O–H groups in total. The molecule has 3 heteroatoms. The summed E-state index contributed by atoms with van der Waals surface area (Å²) in [6.07, 6.45) is 1.99. The van der Waals surface area contributed by atoms with E-state index in [0.29, 0.717) is 0 Å². The summed E-state index contributed by atoms with van der Waals surface area (Å²) in [5.74, 6) is 7.20. The van der Waals surface area contributed by atoms with Gasteiger partial charge in [-0.2, -0.15) is 0 Å². The number of rotatable bonds is 2. The summed E-state index contributed by atoms with van der Waals surface area (Å²) in [5.41, 5.74) is 2.67. The summed E-state index contributed by atoms with van der Waals surface area (Å²) in [7, 11) is 1.65. The van der Waals surface area contributed by atoms with Gasteiger partial charge in [0.1, 0.15) is 11.3 Å². The highest BCUT2D eigenvalue weighted by Crippen LogP contribution is 2.31. The molecule has 21 heavy (non-hydrogen) atoms. The molecule has 0 atom stereocenters. The predicted molar refractivity (Wildman–Crippen MR) is 87.0 cm³/mol. The summed E-state index contributed by atoms with van der Waals surface area (Å²) in [6.45, 7) is 0. The van der Waals surface area contributed by atoms with Crippen molar-refractivity contribution in [3.8, 4) is 17.6 Å². The molecule has 0 aliphatic carbocycles. The van der Waals surface area contributed by atoms with Gasteiger partial charge in [0.2, 0.25) is 0 Å². The highest BCUT2D eigenvalue weighted by Gasteiger charge is 2.10. The molecule has 0 bridgehead atoms. The van der Waals surface area contributed by atoms with Crippen molar-refractivity contribution in [1.82, 2.24) is 0 Å². The smallest absolute Gasteiger partial charge is 0.176 e. The molecule has 0 saturated heterocycles. The molecule has 0 spiro atoms. The lowest BCUT2D eigenvalue weighted by Gasteiger charge is -2.00. The maximum absolute atomic E-state index is 5.82. The minimum atomic E-state index is 0.781. The molecule has 1 heterocycles. The van der Waals surface area contributed by atoms with Gasteiger partial charge < -0.3 is 9.15 Å². The Bertz CT molecular complexity index is 837. The largest absolute Gasteiger partial charge is 0.495 e. The van der Waals surface area contributed by atoms with Crippen molar-refractivity contribution < 1.29 is 9.15 Å². The Labute approximate surface area is 128 Å². The van der Waals surface area contributed by atoms with Crippen molar-refractivity contribution in [3.63, 3.8) is 0 Å². The SMILES string of the molecule is COc1ccccc1C#Cc1c(SC)oc2ccccc12. The molecule has 0 amide bonds. The molecule has 0 fully saturated rings. The summed E-state index contributed by atoms with van der Waals surface area (Å²) in [5, 5.41) is 1.89. The van der Waals surface area contributed by atoms with Crippen LogP contribution >= 0.6 is 11.8 Å². The van der Waals surface area contributed by atoms with Crippen LogP contribution in [0.25, 0.3) is 11.0 Å². The van der Waals surface area contributed by atoms with Crippen molar-refractivity contribution in [3.05, 3.63) is 59.7 Å². The Hall–Kier alpha value is -2.31. The minimum Gasteiger partial charge on any atom is -0.495 e. The van der Waals surface area contributed by atoms with E-state index in [1.807, 2.05) is 54.8 Å². The number of ether oxygens (including phenoxy) is 1. The molecule has 3 rings (SSSR count). The molecule has 0 saturated carbocycles. The molecular weight excluding hydrogens is 280 g/mol. The van der Waals surface area contributed by atoms with E-state index in [4.69, 9.17) is 9.15 Å². The maximum atomic E-state index is 5.82. The molecule has 3 aromatic rings. The number of para-hydroxylation sites is 2. The average Bonchev–Trinajstić information content (AvgIpc) is 2.91. The average molecular weight is 294 g/mol. The first-order valence-corrected chi connectivity index (χ1v) is 7.76. The van der Waals surface area contributed by atoms with E-state index in [-0.39, 0.29) is 0 Å². The van der Waals surface area contributed by atoms with E-state index >= 15 is 0 Å². The number of benzene rings is 2. The molecular formula is C18H14O2S. The van der Waals surface area contributed by atoms with Gasteiger partial charge in [0, 0.05) is 5.39 Å². The molecule has 0 unspecified atom stereocenters. The number of fused-ring (bicyclic) bond motifs is 1. The van der Waals surface area contributed by atoms with Crippen LogP contribution in [-0.2, 0) is 0 Å². The summed E-state index contributed by atoms with van der Waals surface area (Å²) >= 11 is 1.57. The van der Waals surface area contributed by atoms with Crippen LogP contribution < -0.4 is 4.74 Å². The van der Waals surface area contributed by atoms with E-state index in [1.54, 1.807) is 18.9 Å². The fraction of sp³-hybridized carbons (Fsp3) is 0.111. The van der Waals surface area contributed by atoms with Gasteiger partial charge in [0.05, 0.1) is 18.2 Å². The van der Waals surface area contributed by atoms with E-state index < -0.39 is 0 Å². The van der Waals surface area contributed by atoms with Gasteiger partial charge in [0.15, 0.2) is 5.09 Å². The van der Waals surface area contributed by atoms with Gasteiger partial charge in [-0.1, -0.05) is 47.9 Å². The number of furan rings is 1. The second kappa shape index (κ2) is 5.99. The Morgan fingerprint density at radius 2 is 1.76 bits per heavy atom. The third-order valence-electron chi connectivity index (χ3n) is 3.18. The van der Waals surface area contributed by atoms with Crippen molar-refractivity contribution in [1.29, 1.82) is 0 Å². The third kappa shape index (κ3) is 2.63. The maximum Gasteiger partial charge on any atom is 0.176 e. The Morgan fingerprint density at radius 1 is 1.00 bits per heavy atom. The molecule has 104 valence electrons. The highest BCUT2D eigenvalue weighted by atomic mass is 32.2. The summed E-state index contributed by atoms with van der Waals surface area (Å²) in [6, 6.07) is 15.7. The van der Waals surface area contributed by atoms with Gasteiger partial charge in [-0.3, -0.25) is 0 Å². The Morgan fingerprint density at radius 3 is 2.57 bits per heavy atom. The van der Waals surface area contributed by atoms with E-state index in [9.17, 15) is 0 Å². The zero-order valence-electron chi connectivity index (χ0n) is 11.8. The van der Waals surface area contributed by atoms with E-state index in [0.717, 1.165) is 32.9 Å². The second-order valence-electron chi connectivity index (χ2n) is 4.42. The van der Waals surface area contributed by atoms with Crippen LogP contribution in [0.5, 0.6) is 5.75 Å². The van der Waals surface area contributed by atoms with Crippen molar-refractivity contribution in [2.45, 2.75) is 5.09 Å². The van der Waals surface area contributed by atoms with Crippen LogP contribution in [0.3, 0.4) is 0 Å². The number of hydrogen-bond acceptors (Lipinski definition) is 3. The molecule has 2 aromatic carbocycles. The monoisotopic (exact) mass is 294 g/mol. The van der Waals surface area contributed by atoms with Gasteiger partial charge >= 0.3 is 0 Å². The minimum absolute atomic E-state index is 0.781. The van der Waals surface area contributed by atoms with Crippen molar-refractivity contribution in [2.75, 3.05) is 13.4 Å². The fourth-order valence-corrected chi connectivity index (χ4v) is 2.70. The number of hydrogen-bond donors (Lipinski definition) is 0. The van der Waals surface area contributed by atoms with Gasteiger partial charge in [0.25, 0.3) is 0 Å². The first-order valence-electron chi connectivity index (χ1n) is 6.54. The zero-order chi connectivity index (χ0) is 14.7. The fourth-order valence-electron chi connectivity index (χ4n) is 2.16. The Balaban J connectivity index is 2.12. The lowest BCUT2D eigenvalue weighted by molar-refractivity contribution is 0.413. The lowest BCUT2D eigenvalue weighted by Crippen LogP contribution is -1.86. The van der Waals surface area contributed by atoms with Gasteiger partial charge in [-0.15, -0.1) is 0 Å². The normalized spacial score (nSPS) is 10.2. The first kappa shape index (κ1) is 13.7. The van der Waals surface area contributed by atoms with Crippen LogP contribution in [-0.4, -0.2) is 13.4 Å². The molecule has 0 radical (unpaired) electrons. The summed E-state index contributed by atoms with van der Waals surface area (Å²) in [4.78, 5) is 0. The number of methoxy groups -OCH3 is 1. The van der Waals surface area contributed by atoms with Crippen LogP contribution in [0.15, 0.2) is 58.0 Å².